The Labute approximate surface area is 190 Å². The Balaban J connectivity index is 1.77. The number of ether oxygens (including phenoxy) is 2. The molecule has 0 aliphatic carbocycles. The Kier molecular flexibility index (Phi) is 11.0. The molecule has 32 heavy (non-hydrogen) atoms. The Hall–Kier alpha value is -3.16. The maximum atomic E-state index is 12.0. The van der Waals surface area contributed by atoms with Crippen molar-refractivity contribution in [3.05, 3.63) is 47.4 Å². The van der Waals surface area contributed by atoms with Gasteiger partial charge in [0.1, 0.15) is 0 Å². The second kappa shape index (κ2) is 14.0. The summed E-state index contributed by atoms with van der Waals surface area (Å²) < 4.78 is 16.5. The quantitative estimate of drug-likeness (QED) is 0.249. The van der Waals surface area contributed by atoms with Gasteiger partial charge in [-0.2, -0.15) is 0 Å². The maximum absolute atomic E-state index is 12.0. The van der Waals surface area contributed by atoms with Crippen molar-refractivity contribution in [2.24, 2.45) is 4.99 Å². The van der Waals surface area contributed by atoms with Gasteiger partial charge in [-0.25, -0.2) is 0 Å². The molecule has 1 aromatic heterocycles. The van der Waals surface area contributed by atoms with Gasteiger partial charge >= 0.3 is 0 Å². The number of aryl methyl sites for hydroxylation is 1. The first-order chi connectivity index (χ1) is 15.6. The predicted molar refractivity (Wildman–Crippen MR) is 127 cm³/mol. The first-order valence-corrected chi connectivity index (χ1v) is 11.3. The zero-order chi connectivity index (χ0) is 23.2. The molecule has 176 valence electrons. The fourth-order valence-electron chi connectivity index (χ4n) is 3.08. The summed E-state index contributed by atoms with van der Waals surface area (Å²) in [5.41, 5.74) is 2.00. The summed E-state index contributed by atoms with van der Waals surface area (Å²) >= 11 is 0. The molecule has 3 N–H and O–H groups in total. The number of benzene rings is 1. The smallest absolute Gasteiger partial charge is 0.287 e. The van der Waals surface area contributed by atoms with Gasteiger partial charge < -0.3 is 29.8 Å². The van der Waals surface area contributed by atoms with Crippen molar-refractivity contribution in [1.29, 1.82) is 0 Å². The topological polar surface area (TPSA) is 97.1 Å². The molecular formula is C24H36N4O4. The lowest BCUT2D eigenvalue weighted by Gasteiger charge is -2.14. The summed E-state index contributed by atoms with van der Waals surface area (Å²) in [5, 5.41) is 9.46. The summed E-state index contributed by atoms with van der Waals surface area (Å²) in [7, 11) is 0. The normalized spacial score (nSPS) is 11.2. The van der Waals surface area contributed by atoms with E-state index >= 15 is 0 Å². The molecule has 1 aromatic carbocycles. The number of hydrogen-bond donors (Lipinski definition) is 3. The lowest BCUT2D eigenvalue weighted by atomic mass is 10.1. The number of nitrogens with zero attached hydrogens (tertiary/aromatic N) is 1. The van der Waals surface area contributed by atoms with Crippen molar-refractivity contribution in [2.45, 2.75) is 40.5 Å². The molecule has 1 amide bonds. The Morgan fingerprint density at radius 1 is 1.00 bits per heavy atom. The van der Waals surface area contributed by atoms with E-state index in [4.69, 9.17) is 13.9 Å². The van der Waals surface area contributed by atoms with E-state index in [-0.39, 0.29) is 5.91 Å². The van der Waals surface area contributed by atoms with Crippen LogP contribution in [0.4, 0.5) is 0 Å². The van der Waals surface area contributed by atoms with E-state index in [2.05, 4.69) is 27.0 Å². The maximum Gasteiger partial charge on any atom is 0.287 e. The monoisotopic (exact) mass is 444 g/mol. The first-order valence-electron chi connectivity index (χ1n) is 11.3. The minimum Gasteiger partial charge on any atom is -0.490 e. The molecule has 8 nitrogen and oxygen atoms in total. The van der Waals surface area contributed by atoms with Crippen LogP contribution in [0.5, 0.6) is 11.5 Å². The number of carbonyl (C=O) groups excluding carboxylic acids is 1. The standard InChI is InChI=1S/C24H36N4O4/c1-5-25-24(27-14-8-13-26-23(29)22-18(4)12-16-32-22)28-15-11-19-9-10-20(30-6-2)21(17-19)31-7-3/h9-10,12,16-17H,5-8,11,13-15H2,1-4H3,(H,26,29)(H2,25,27,28). The highest BCUT2D eigenvalue weighted by Crippen LogP contribution is 2.28. The van der Waals surface area contributed by atoms with Gasteiger partial charge in [0.15, 0.2) is 23.2 Å². The van der Waals surface area contributed by atoms with Crippen LogP contribution >= 0.6 is 0 Å². The van der Waals surface area contributed by atoms with E-state index in [0.717, 1.165) is 54.5 Å². The van der Waals surface area contributed by atoms with Crippen LogP contribution in [0.15, 0.2) is 39.9 Å². The zero-order valence-electron chi connectivity index (χ0n) is 19.6. The van der Waals surface area contributed by atoms with Crippen LogP contribution in [-0.4, -0.2) is 51.3 Å². The zero-order valence-corrected chi connectivity index (χ0v) is 19.6. The van der Waals surface area contributed by atoms with Crippen LogP contribution in [0.25, 0.3) is 0 Å². The van der Waals surface area contributed by atoms with Gasteiger partial charge in [0.25, 0.3) is 5.91 Å². The second-order valence-electron chi connectivity index (χ2n) is 7.13. The van der Waals surface area contributed by atoms with Gasteiger partial charge in [-0.1, -0.05) is 6.07 Å². The number of furan rings is 1. The number of rotatable bonds is 13. The SMILES string of the molecule is CCNC(=NCCCNC(=O)c1occc1C)NCCc1ccc(OCC)c(OCC)c1. The van der Waals surface area contributed by atoms with E-state index in [1.165, 1.54) is 6.26 Å². The Bertz CT molecular complexity index is 863. The summed E-state index contributed by atoms with van der Waals surface area (Å²) in [6.45, 7) is 11.7. The summed E-state index contributed by atoms with van der Waals surface area (Å²) in [6, 6.07) is 7.83. The van der Waals surface area contributed by atoms with E-state index in [0.29, 0.717) is 32.1 Å². The summed E-state index contributed by atoms with van der Waals surface area (Å²) in [5.74, 6) is 2.49. The van der Waals surface area contributed by atoms with Crippen LogP contribution in [0.1, 0.15) is 48.9 Å². The summed E-state index contributed by atoms with van der Waals surface area (Å²) in [6.07, 6.45) is 3.09. The number of amides is 1. The second-order valence-corrected chi connectivity index (χ2v) is 7.13. The molecule has 2 aromatic rings. The molecule has 0 saturated heterocycles. The highest BCUT2D eigenvalue weighted by atomic mass is 16.5. The Morgan fingerprint density at radius 3 is 2.47 bits per heavy atom. The van der Waals surface area contributed by atoms with Crippen molar-refractivity contribution in [3.8, 4) is 11.5 Å². The number of carbonyl (C=O) groups is 1. The highest BCUT2D eigenvalue weighted by molar-refractivity contribution is 5.92. The molecule has 0 fully saturated rings. The molecule has 0 bridgehead atoms. The Morgan fingerprint density at radius 2 is 1.78 bits per heavy atom. The average molecular weight is 445 g/mol. The molecule has 0 atom stereocenters. The van der Waals surface area contributed by atoms with Crippen LogP contribution in [0.2, 0.25) is 0 Å². The minimum absolute atomic E-state index is 0.191. The molecule has 0 aliphatic rings. The van der Waals surface area contributed by atoms with Crippen LogP contribution in [-0.2, 0) is 6.42 Å². The van der Waals surface area contributed by atoms with Crippen LogP contribution in [0.3, 0.4) is 0 Å². The molecule has 0 aliphatic heterocycles. The number of guanidine groups is 1. The highest BCUT2D eigenvalue weighted by Gasteiger charge is 2.11. The molecule has 0 radical (unpaired) electrons. The summed E-state index contributed by atoms with van der Waals surface area (Å²) in [4.78, 5) is 16.6. The number of aliphatic imine (C=N–C) groups is 1. The van der Waals surface area contributed by atoms with Crippen LogP contribution in [0, 0.1) is 6.92 Å². The van der Waals surface area contributed by atoms with Gasteiger partial charge in [0.05, 0.1) is 19.5 Å². The fraction of sp³-hybridized carbons (Fsp3) is 0.500. The van der Waals surface area contributed by atoms with Crippen molar-refractivity contribution >= 4 is 11.9 Å². The molecular weight excluding hydrogens is 408 g/mol. The average Bonchev–Trinajstić information content (AvgIpc) is 3.21. The van der Waals surface area contributed by atoms with Gasteiger partial charge in [-0.15, -0.1) is 0 Å². The fourth-order valence-corrected chi connectivity index (χ4v) is 3.08. The lowest BCUT2D eigenvalue weighted by Crippen LogP contribution is -2.38. The third-order valence-corrected chi connectivity index (χ3v) is 4.62. The van der Waals surface area contributed by atoms with Crippen LogP contribution < -0.4 is 25.4 Å². The van der Waals surface area contributed by atoms with Crippen molar-refractivity contribution < 1.29 is 18.7 Å². The molecule has 8 heteroatoms. The van der Waals surface area contributed by atoms with Gasteiger partial charge in [0.2, 0.25) is 0 Å². The van der Waals surface area contributed by atoms with E-state index in [1.807, 2.05) is 39.8 Å². The van der Waals surface area contributed by atoms with Crippen molar-refractivity contribution in [2.75, 3.05) is 39.4 Å². The molecule has 0 spiro atoms. The largest absolute Gasteiger partial charge is 0.490 e. The van der Waals surface area contributed by atoms with Crippen molar-refractivity contribution in [3.63, 3.8) is 0 Å². The van der Waals surface area contributed by atoms with E-state index in [1.54, 1.807) is 6.07 Å². The molecule has 1 heterocycles. The molecule has 0 saturated carbocycles. The van der Waals surface area contributed by atoms with Crippen molar-refractivity contribution in [1.82, 2.24) is 16.0 Å². The molecule has 2 rings (SSSR count). The molecule has 0 unspecified atom stereocenters. The van der Waals surface area contributed by atoms with E-state index < -0.39 is 0 Å². The van der Waals surface area contributed by atoms with E-state index in [9.17, 15) is 4.79 Å². The van der Waals surface area contributed by atoms with Gasteiger partial charge in [-0.05, 0) is 64.3 Å². The third-order valence-electron chi connectivity index (χ3n) is 4.62. The predicted octanol–water partition coefficient (Wildman–Crippen LogP) is 3.30. The van der Waals surface area contributed by atoms with Gasteiger partial charge in [0, 0.05) is 31.7 Å². The first kappa shape index (κ1) is 25.1. The van der Waals surface area contributed by atoms with Gasteiger partial charge in [-0.3, -0.25) is 9.79 Å². The number of hydrogen-bond acceptors (Lipinski definition) is 5. The number of nitrogens with one attached hydrogen (secondary N) is 3. The third kappa shape index (κ3) is 8.17. The lowest BCUT2D eigenvalue weighted by molar-refractivity contribution is 0.0925. The minimum atomic E-state index is -0.191.